The van der Waals surface area contributed by atoms with Gasteiger partial charge in [-0.2, -0.15) is 0 Å². The Bertz CT molecular complexity index is 169. The summed E-state index contributed by atoms with van der Waals surface area (Å²) < 4.78 is 0. The van der Waals surface area contributed by atoms with E-state index in [1.54, 1.807) is 0 Å². The molecule has 1 fully saturated rings. The number of likely N-dealkylation sites (tertiary alicyclic amines) is 1. The van der Waals surface area contributed by atoms with E-state index in [9.17, 15) is 9.59 Å². The summed E-state index contributed by atoms with van der Waals surface area (Å²) in [7, 11) is 2.02. The van der Waals surface area contributed by atoms with Crippen LogP contribution in [0.25, 0.3) is 0 Å². The lowest BCUT2D eigenvalue weighted by Gasteiger charge is -2.38. The summed E-state index contributed by atoms with van der Waals surface area (Å²) in [4.78, 5) is 23.0. The second kappa shape index (κ2) is 6.96. The van der Waals surface area contributed by atoms with Gasteiger partial charge in [0.25, 0.3) is 0 Å². The molecular formula is C10H18ClNO2. The van der Waals surface area contributed by atoms with Gasteiger partial charge in [-0.25, -0.2) is 0 Å². The van der Waals surface area contributed by atoms with Crippen molar-refractivity contribution in [3.8, 4) is 0 Å². The van der Waals surface area contributed by atoms with Crippen LogP contribution in [0.15, 0.2) is 0 Å². The predicted octanol–water partition coefficient (Wildman–Crippen LogP) is 1.44. The van der Waals surface area contributed by atoms with E-state index in [4.69, 9.17) is 0 Å². The van der Waals surface area contributed by atoms with Crippen molar-refractivity contribution in [2.45, 2.75) is 44.2 Å². The smallest absolute Gasteiger partial charge is 0.121 e. The van der Waals surface area contributed by atoms with Crippen molar-refractivity contribution in [1.82, 2.24) is 4.90 Å². The molecule has 0 radical (unpaired) electrons. The highest BCUT2D eigenvalue weighted by Gasteiger charge is 2.26. The largest absolute Gasteiger partial charge is 0.303 e. The molecule has 1 aliphatic rings. The average molecular weight is 220 g/mol. The summed E-state index contributed by atoms with van der Waals surface area (Å²) in [5.41, 5.74) is 0. The fraction of sp³-hybridized carbons (Fsp3) is 0.800. The minimum atomic E-state index is 0. The Morgan fingerprint density at radius 2 is 1.57 bits per heavy atom. The summed E-state index contributed by atoms with van der Waals surface area (Å²) >= 11 is 0. The second-order valence-electron chi connectivity index (χ2n) is 3.71. The molecule has 0 bridgehead atoms. The number of hydrogen-bond acceptors (Lipinski definition) is 3. The number of piperidine rings is 1. The first-order valence-corrected chi connectivity index (χ1v) is 4.88. The van der Waals surface area contributed by atoms with E-state index in [1.807, 2.05) is 7.05 Å². The van der Waals surface area contributed by atoms with Gasteiger partial charge in [0.05, 0.1) is 0 Å². The van der Waals surface area contributed by atoms with Crippen molar-refractivity contribution in [3.63, 3.8) is 0 Å². The number of nitrogens with zero attached hydrogens (tertiary/aromatic N) is 1. The Morgan fingerprint density at radius 1 is 1.14 bits per heavy atom. The predicted molar refractivity (Wildman–Crippen MR) is 57.8 cm³/mol. The lowest BCUT2D eigenvalue weighted by molar-refractivity contribution is -0.110. The van der Waals surface area contributed by atoms with E-state index in [2.05, 4.69) is 4.90 Å². The third kappa shape index (κ3) is 3.39. The number of halogens is 1. The molecule has 3 nitrogen and oxygen atoms in total. The lowest BCUT2D eigenvalue weighted by Crippen LogP contribution is -2.44. The number of carbonyl (C=O) groups excluding carboxylic acids is 2. The Hall–Kier alpha value is -0.410. The minimum absolute atomic E-state index is 0. The highest BCUT2D eigenvalue weighted by Crippen LogP contribution is 2.23. The monoisotopic (exact) mass is 219 g/mol. The molecule has 0 aliphatic carbocycles. The fourth-order valence-corrected chi connectivity index (χ4v) is 2.08. The third-order valence-electron chi connectivity index (χ3n) is 2.96. The fourth-order valence-electron chi connectivity index (χ4n) is 2.08. The van der Waals surface area contributed by atoms with Gasteiger partial charge < -0.3 is 9.59 Å². The molecule has 0 amide bonds. The van der Waals surface area contributed by atoms with Crippen LogP contribution in [0.4, 0.5) is 0 Å². The highest BCUT2D eigenvalue weighted by molar-refractivity contribution is 5.85. The SMILES string of the molecule is CN1C(CC=O)CCCC1CC=O.Cl. The molecule has 1 heterocycles. The van der Waals surface area contributed by atoms with Gasteiger partial charge in [-0.3, -0.25) is 4.90 Å². The van der Waals surface area contributed by atoms with E-state index in [0.29, 0.717) is 24.9 Å². The van der Waals surface area contributed by atoms with Crippen LogP contribution in [-0.4, -0.2) is 36.6 Å². The molecule has 0 aromatic rings. The summed E-state index contributed by atoms with van der Waals surface area (Å²) in [6.45, 7) is 0. The van der Waals surface area contributed by atoms with Gasteiger partial charge in [-0.05, 0) is 19.9 Å². The second-order valence-corrected chi connectivity index (χ2v) is 3.71. The molecular weight excluding hydrogens is 202 g/mol. The van der Waals surface area contributed by atoms with Crippen LogP contribution in [0.1, 0.15) is 32.1 Å². The average Bonchev–Trinajstić information content (AvgIpc) is 2.13. The maximum atomic E-state index is 10.4. The number of hydrogen-bond donors (Lipinski definition) is 0. The minimum Gasteiger partial charge on any atom is -0.303 e. The maximum Gasteiger partial charge on any atom is 0.121 e. The van der Waals surface area contributed by atoms with Gasteiger partial charge in [0.15, 0.2) is 0 Å². The molecule has 1 saturated heterocycles. The van der Waals surface area contributed by atoms with Gasteiger partial charge in [0, 0.05) is 24.9 Å². The topological polar surface area (TPSA) is 37.4 Å². The van der Waals surface area contributed by atoms with Crippen LogP contribution in [-0.2, 0) is 9.59 Å². The van der Waals surface area contributed by atoms with Gasteiger partial charge in [0.2, 0.25) is 0 Å². The van der Waals surface area contributed by atoms with Gasteiger partial charge in [0.1, 0.15) is 12.6 Å². The van der Waals surface area contributed by atoms with Gasteiger partial charge in [-0.15, -0.1) is 12.4 Å². The molecule has 0 aromatic carbocycles. The van der Waals surface area contributed by atoms with Crippen LogP contribution >= 0.6 is 12.4 Å². The number of rotatable bonds is 4. The van der Waals surface area contributed by atoms with Crippen molar-refractivity contribution in [2.75, 3.05) is 7.05 Å². The zero-order valence-corrected chi connectivity index (χ0v) is 9.33. The summed E-state index contributed by atoms with van der Waals surface area (Å²) in [5.74, 6) is 0. The van der Waals surface area contributed by atoms with E-state index in [-0.39, 0.29) is 12.4 Å². The van der Waals surface area contributed by atoms with Crippen LogP contribution < -0.4 is 0 Å². The van der Waals surface area contributed by atoms with E-state index >= 15 is 0 Å². The van der Waals surface area contributed by atoms with E-state index < -0.39 is 0 Å². The van der Waals surface area contributed by atoms with Crippen LogP contribution in [0, 0.1) is 0 Å². The van der Waals surface area contributed by atoms with Crippen LogP contribution in [0.3, 0.4) is 0 Å². The van der Waals surface area contributed by atoms with Gasteiger partial charge >= 0.3 is 0 Å². The van der Waals surface area contributed by atoms with E-state index in [0.717, 1.165) is 31.8 Å². The first kappa shape index (κ1) is 13.6. The van der Waals surface area contributed by atoms with Crippen molar-refractivity contribution in [1.29, 1.82) is 0 Å². The standard InChI is InChI=1S/C10H17NO2.ClH/c1-11-9(5-7-12)3-2-4-10(11)6-8-13;/h7-10H,2-6H2,1H3;1H. The summed E-state index contributed by atoms with van der Waals surface area (Å²) in [6.07, 6.45) is 6.48. The normalized spacial score (nSPS) is 27.8. The van der Waals surface area contributed by atoms with Gasteiger partial charge in [-0.1, -0.05) is 6.42 Å². The molecule has 2 unspecified atom stereocenters. The molecule has 0 N–H and O–H groups in total. The Kier molecular flexibility index (Phi) is 6.75. The van der Waals surface area contributed by atoms with Crippen molar-refractivity contribution >= 4 is 25.0 Å². The van der Waals surface area contributed by atoms with Crippen LogP contribution in [0.5, 0.6) is 0 Å². The molecule has 2 atom stereocenters. The number of carbonyl (C=O) groups is 2. The van der Waals surface area contributed by atoms with Crippen molar-refractivity contribution in [3.05, 3.63) is 0 Å². The maximum absolute atomic E-state index is 10.4. The molecule has 0 saturated carbocycles. The molecule has 0 aromatic heterocycles. The first-order valence-electron chi connectivity index (χ1n) is 4.88. The lowest BCUT2D eigenvalue weighted by atomic mass is 9.93. The summed E-state index contributed by atoms with van der Waals surface area (Å²) in [5, 5.41) is 0. The van der Waals surface area contributed by atoms with Crippen molar-refractivity contribution < 1.29 is 9.59 Å². The first-order chi connectivity index (χ1) is 6.29. The Labute approximate surface area is 91.3 Å². The van der Waals surface area contributed by atoms with Crippen molar-refractivity contribution in [2.24, 2.45) is 0 Å². The molecule has 4 heteroatoms. The van der Waals surface area contributed by atoms with Crippen LogP contribution in [0.2, 0.25) is 0 Å². The highest BCUT2D eigenvalue weighted by atomic mass is 35.5. The molecule has 1 rings (SSSR count). The zero-order valence-electron chi connectivity index (χ0n) is 8.52. The van der Waals surface area contributed by atoms with E-state index in [1.165, 1.54) is 0 Å². The molecule has 0 spiro atoms. The quantitative estimate of drug-likeness (QED) is 0.672. The molecule has 82 valence electrons. The number of aldehydes is 2. The Morgan fingerprint density at radius 3 is 1.93 bits per heavy atom. The third-order valence-corrected chi connectivity index (χ3v) is 2.96. The summed E-state index contributed by atoms with van der Waals surface area (Å²) in [6, 6.07) is 0.715. The molecule has 1 aliphatic heterocycles. The zero-order chi connectivity index (χ0) is 9.68. The Balaban J connectivity index is 0.00000169. The molecule has 14 heavy (non-hydrogen) atoms.